The first kappa shape index (κ1) is 19.3. The van der Waals surface area contributed by atoms with E-state index in [-0.39, 0.29) is 6.61 Å². The Labute approximate surface area is 163 Å². The molecule has 0 saturated carbocycles. The van der Waals surface area contributed by atoms with Crippen LogP contribution in [0.2, 0.25) is 5.02 Å². The molecule has 3 rings (SSSR count). The maximum Gasteiger partial charge on any atom is 0.336 e. The average molecular weight is 392 g/mol. The number of fused-ring (bicyclic) bond motifs is 1. The van der Waals surface area contributed by atoms with Crippen LogP contribution in [0.5, 0.6) is 0 Å². The molecule has 1 saturated heterocycles. The van der Waals surface area contributed by atoms with E-state index >= 15 is 0 Å². The molecule has 6 nitrogen and oxygen atoms in total. The molecule has 0 aromatic heterocycles. The van der Waals surface area contributed by atoms with Crippen LogP contribution in [0, 0.1) is 5.92 Å². The first-order valence-electron chi connectivity index (χ1n) is 8.82. The van der Waals surface area contributed by atoms with Crippen molar-refractivity contribution in [2.24, 2.45) is 5.92 Å². The summed E-state index contributed by atoms with van der Waals surface area (Å²) in [5.41, 5.74) is 2.25. The second kappa shape index (κ2) is 8.05. The summed E-state index contributed by atoms with van der Waals surface area (Å²) in [5, 5.41) is 3.70. The third kappa shape index (κ3) is 3.41. The van der Waals surface area contributed by atoms with Crippen molar-refractivity contribution >= 4 is 23.5 Å². The van der Waals surface area contributed by atoms with Crippen molar-refractivity contribution < 1.29 is 23.8 Å². The molecule has 1 aliphatic heterocycles. The van der Waals surface area contributed by atoms with Gasteiger partial charge in [-0.25, -0.2) is 4.79 Å². The Morgan fingerprint density at radius 1 is 1.33 bits per heavy atom. The molecular weight excluding hydrogens is 370 g/mol. The summed E-state index contributed by atoms with van der Waals surface area (Å²) in [7, 11) is 1.33. The molecule has 0 amide bonds. The number of morpholine rings is 1. The number of hydrogen-bond acceptors (Lipinski definition) is 6. The van der Waals surface area contributed by atoms with Crippen LogP contribution in [0.4, 0.5) is 0 Å². The molecule has 2 aliphatic rings. The molecule has 1 aliphatic carbocycles. The first-order chi connectivity index (χ1) is 13.0. The normalized spacial score (nSPS) is 21.8. The van der Waals surface area contributed by atoms with Gasteiger partial charge in [0.15, 0.2) is 0 Å². The van der Waals surface area contributed by atoms with Crippen molar-refractivity contribution in [2.45, 2.75) is 19.8 Å². The van der Waals surface area contributed by atoms with Crippen LogP contribution in [0.1, 0.15) is 25.3 Å². The third-order valence-corrected chi connectivity index (χ3v) is 5.15. The largest absolute Gasteiger partial charge is 0.490 e. The topological polar surface area (TPSA) is 73.9 Å². The van der Waals surface area contributed by atoms with E-state index in [0.717, 1.165) is 0 Å². The lowest BCUT2D eigenvalue weighted by Gasteiger charge is -2.37. The van der Waals surface area contributed by atoms with Gasteiger partial charge in [-0.05, 0) is 31.1 Å². The SMILES string of the molecule is CCOC(=O)C1=C2NCCOC2=C(C)C(C(=O)OC)C1c1ccccc1Cl. The Morgan fingerprint density at radius 3 is 2.74 bits per heavy atom. The van der Waals surface area contributed by atoms with Gasteiger partial charge in [-0.2, -0.15) is 0 Å². The summed E-state index contributed by atoms with van der Waals surface area (Å²) in [6, 6.07) is 7.17. The Kier molecular flexibility index (Phi) is 5.75. The number of halogens is 1. The Morgan fingerprint density at radius 2 is 2.07 bits per heavy atom. The molecular formula is C20H22ClNO5. The number of carbonyl (C=O) groups excluding carboxylic acids is 2. The molecule has 27 heavy (non-hydrogen) atoms. The third-order valence-electron chi connectivity index (χ3n) is 4.81. The summed E-state index contributed by atoms with van der Waals surface area (Å²) in [4.78, 5) is 25.6. The van der Waals surface area contributed by atoms with Crippen LogP contribution in [-0.2, 0) is 23.8 Å². The summed E-state index contributed by atoms with van der Waals surface area (Å²) >= 11 is 6.45. The van der Waals surface area contributed by atoms with Crippen LogP contribution in [0.3, 0.4) is 0 Å². The fraction of sp³-hybridized carbons (Fsp3) is 0.400. The lowest BCUT2D eigenvalue weighted by atomic mass is 9.72. The quantitative estimate of drug-likeness (QED) is 0.795. The van der Waals surface area contributed by atoms with Gasteiger partial charge in [-0.15, -0.1) is 0 Å². The van der Waals surface area contributed by atoms with Gasteiger partial charge >= 0.3 is 11.9 Å². The lowest BCUT2D eigenvalue weighted by Crippen LogP contribution is -2.40. The van der Waals surface area contributed by atoms with Crippen molar-refractivity contribution in [3.8, 4) is 0 Å². The maximum atomic E-state index is 12.9. The van der Waals surface area contributed by atoms with Gasteiger partial charge in [0.25, 0.3) is 0 Å². The van der Waals surface area contributed by atoms with Crippen molar-refractivity contribution in [1.82, 2.24) is 5.32 Å². The smallest absolute Gasteiger partial charge is 0.336 e. The van der Waals surface area contributed by atoms with Crippen molar-refractivity contribution in [1.29, 1.82) is 0 Å². The second-order valence-electron chi connectivity index (χ2n) is 6.30. The number of esters is 2. The molecule has 0 radical (unpaired) electrons. The number of carbonyl (C=O) groups is 2. The number of methoxy groups -OCH3 is 1. The van der Waals surface area contributed by atoms with Gasteiger partial charge < -0.3 is 19.5 Å². The highest BCUT2D eigenvalue weighted by Crippen LogP contribution is 2.47. The summed E-state index contributed by atoms with van der Waals surface area (Å²) < 4.78 is 16.2. The summed E-state index contributed by atoms with van der Waals surface area (Å²) in [6.45, 7) is 4.76. The van der Waals surface area contributed by atoms with E-state index in [1.807, 2.05) is 19.1 Å². The molecule has 1 aromatic carbocycles. The highest BCUT2D eigenvalue weighted by molar-refractivity contribution is 6.31. The standard InChI is InChI=1S/C20H22ClNO5/c1-4-26-20(24)16-15(12-7-5-6-8-13(12)21)14(19(23)25-3)11(2)18-17(16)22-9-10-27-18/h5-8,14-15,22H,4,9-10H2,1-3H3. The van der Waals surface area contributed by atoms with Gasteiger partial charge in [-0.1, -0.05) is 29.8 Å². The second-order valence-corrected chi connectivity index (χ2v) is 6.70. The number of benzene rings is 1. The monoisotopic (exact) mass is 391 g/mol. The zero-order valence-corrected chi connectivity index (χ0v) is 16.3. The van der Waals surface area contributed by atoms with E-state index in [1.54, 1.807) is 19.1 Å². The summed E-state index contributed by atoms with van der Waals surface area (Å²) in [6.07, 6.45) is 0. The minimum Gasteiger partial charge on any atom is -0.490 e. The van der Waals surface area contributed by atoms with Crippen molar-refractivity contribution in [3.05, 3.63) is 57.5 Å². The van der Waals surface area contributed by atoms with Crippen molar-refractivity contribution in [2.75, 3.05) is 26.9 Å². The zero-order chi connectivity index (χ0) is 19.6. The number of nitrogens with one attached hydrogen (secondary N) is 1. The van der Waals surface area contributed by atoms with Crippen LogP contribution in [0.15, 0.2) is 46.9 Å². The van der Waals surface area contributed by atoms with Crippen LogP contribution in [-0.4, -0.2) is 38.8 Å². The number of hydrogen-bond donors (Lipinski definition) is 1. The highest BCUT2D eigenvalue weighted by Gasteiger charge is 2.46. The van der Waals surface area contributed by atoms with Crippen molar-refractivity contribution in [3.63, 3.8) is 0 Å². The zero-order valence-electron chi connectivity index (χ0n) is 15.5. The maximum absolute atomic E-state index is 12.9. The molecule has 2 unspecified atom stereocenters. The summed E-state index contributed by atoms with van der Waals surface area (Å²) in [5.74, 6) is -1.84. The van der Waals surface area contributed by atoms with E-state index in [2.05, 4.69) is 5.32 Å². The molecule has 1 fully saturated rings. The molecule has 0 spiro atoms. The molecule has 1 N–H and O–H groups in total. The van der Waals surface area contributed by atoms with E-state index in [9.17, 15) is 9.59 Å². The number of ether oxygens (including phenoxy) is 3. The first-order valence-corrected chi connectivity index (χ1v) is 9.20. The van der Waals surface area contributed by atoms with Crippen LogP contribution < -0.4 is 5.32 Å². The fourth-order valence-electron chi connectivity index (χ4n) is 3.66. The van der Waals surface area contributed by atoms with Gasteiger partial charge in [0, 0.05) is 17.5 Å². The minimum absolute atomic E-state index is 0.215. The molecule has 2 atom stereocenters. The van der Waals surface area contributed by atoms with E-state index < -0.39 is 23.8 Å². The number of rotatable bonds is 4. The lowest BCUT2D eigenvalue weighted by molar-refractivity contribution is -0.145. The molecule has 0 bridgehead atoms. The Bertz CT molecular complexity index is 829. The predicted molar refractivity (Wildman–Crippen MR) is 100 cm³/mol. The highest BCUT2D eigenvalue weighted by atomic mass is 35.5. The Hall–Kier alpha value is -2.47. The van der Waals surface area contributed by atoms with Gasteiger partial charge in [0.2, 0.25) is 0 Å². The van der Waals surface area contributed by atoms with Crippen LogP contribution in [0.25, 0.3) is 0 Å². The average Bonchev–Trinajstić information content (AvgIpc) is 2.68. The van der Waals surface area contributed by atoms with Crippen LogP contribution >= 0.6 is 11.6 Å². The minimum atomic E-state index is -0.743. The fourth-order valence-corrected chi connectivity index (χ4v) is 3.92. The van der Waals surface area contributed by atoms with E-state index in [4.69, 9.17) is 25.8 Å². The molecule has 7 heteroatoms. The molecule has 144 valence electrons. The van der Waals surface area contributed by atoms with Gasteiger partial charge in [0.05, 0.1) is 30.9 Å². The predicted octanol–water partition coefficient (Wildman–Crippen LogP) is 2.94. The molecule has 1 heterocycles. The van der Waals surface area contributed by atoms with Gasteiger partial charge in [0.1, 0.15) is 12.4 Å². The van der Waals surface area contributed by atoms with E-state index in [1.165, 1.54) is 7.11 Å². The molecule has 1 aromatic rings. The van der Waals surface area contributed by atoms with Gasteiger partial charge in [-0.3, -0.25) is 4.79 Å². The van der Waals surface area contributed by atoms with E-state index in [0.29, 0.717) is 46.3 Å². The Balaban J connectivity index is 2.28.